The number of carbonyl (C=O) groups excluding carboxylic acids is 4. The van der Waals surface area contributed by atoms with Gasteiger partial charge in [-0.2, -0.15) is 0 Å². The van der Waals surface area contributed by atoms with Crippen LogP contribution in [-0.4, -0.2) is 48.2 Å². The summed E-state index contributed by atoms with van der Waals surface area (Å²) in [5.41, 5.74) is -0.313. The number of fused-ring (bicyclic) bond motifs is 1. The summed E-state index contributed by atoms with van der Waals surface area (Å²) in [7, 11) is 0. The number of carboxylic acid groups (broad SMARTS) is 1. The summed E-state index contributed by atoms with van der Waals surface area (Å²) in [4.78, 5) is 58.4. The van der Waals surface area contributed by atoms with Crippen molar-refractivity contribution in [2.75, 3.05) is 13.2 Å². The monoisotopic (exact) mass is 426 g/mol. The van der Waals surface area contributed by atoms with Gasteiger partial charge < -0.3 is 19.3 Å². The summed E-state index contributed by atoms with van der Waals surface area (Å²) in [6.07, 6.45) is 0. The molecule has 0 spiro atoms. The Labute approximate surface area is 176 Å². The van der Waals surface area contributed by atoms with Gasteiger partial charge in [0.05, 0.1) is 41.0 Å². The lowest BCUT2D eigenvalue weighted by Crippen LogP contribution is -2.28. The number of hydrogen-bond acceptors (Lipinski definition) is 8. The number of cyclic esters (lactones) is 2. The number of esters is 4. The van der Waals surface area contributed by atoms with Crippen molar-refractivity contribution in [3.05, 3.63) is 70.3 Å². The molecule has 0 bridgehead atoms. The van der Waals surface area contributed by atoms with Crippen LogP contribution in [0.5, 0.6) is 0 Å². The minimum absolute atomic E-state index is 0.00144. The molecule has 0 atom stereocenters. The van der Waals surface area contributed by atoms with Gasteiger partial charge in [-0.05, 0) is 42.5 Å². The van der Waals surface area contributed by atoms with E-state index in [0.29, 0.717) is 0 Å². The molecular formula is C22H18O9. The number of carbonyl (C=O) groups is 5. The van der Waals surface area contributed by atoms with E-state index in [0.717, 1.165) is 0 Å². The smallest absolute Gasteiger partial charge is 0.346 e. The second kappa shape index (κ2) is 8.39. The van der Waals surface area contributed by atoms with Crippen molar-refractivity contribution in [3.63, 3.8) is 0 Å². The number of hydrogen-bond donors (Lipinski definition) is 1. The van der Waals surface area contributed by atoms with Crippen LogP contribution in [0.15, 0.2) is 42.5 Å². The number of aromatic carboxylic acids is 1. The van der Waals surface area contributed by atoms with Gasteiger partial charge in [0.2, 0.25) is 0 Å². The quantitative estimate of drug-likeness (QED) is 0.403. The molecule has 0 unspecified atom stereocenters. The van der Waals surface area contributed by atoms with Gasteiger partial charge in [-0.1, -0.05) is 13.8 Å². The molecule has 0 aromatic heterocycles. The van der Waals surface area contributed by atoms with Gasteiger partial charge >= 0.3 is 29.8 Å². The largest absolute Gasteiger partial charge is 0.478 e. The predicted octanol–water partition coefficient (Wildman–Crippen LogP) is 2.74. The molecule has 31 heavy (non-hydrogen) atoms. The van der Waals surface area contributed by atoms with Crippen molar-refractivity contribution >= 4 is 29.8 Å². The lowest BCUT2D eigenvalue weighted by atomic mass is 9.96. The fraction of sp³-hybridized carbons (Fsp3) is 0.227. The summed E-state index contributed by atoms with van der Waals surface area (Å²) in [5.74, 6) is -4.04. The molecule has 0 fully saturated rings. The predicted molar refractivity (Wildman–Crippen MR) is 104 cm³/mol. The highest BCUT2D eigenvalue weighted by Gasteiger charge is 2.31. The second-order valence-corrected chi connectivity index (χ2v) is 7.64. The van der Waals surface area contributed by atoms with Crippen LogP contribution >= 0.6 is 0 Å². The Morgan fingerprint density at radius 1 is 0.806 bits per heavy atom. The fourth-order valence-corrected chi connectivity index (χ4v) is 2.69. The van der Waals surface area contributed by atoms with Crippen LogP contribution in [0.2, 0.25) is 0 Å². The highest BCUT2D eigenvalue weighted by atomic mass is 16.6. The molecule has 1 heterocycles. The minimum Gasteiger partial charge on any atom is -0.478 e. The Kier molecular flexibility index (Phi) is 5.87. The first-order valence-electron chi connectivity index (χ1n) is 9.15. The molecule has 0 saturated carbocycles. The Morgan fingerprint density at radius 3 is 1.87 bits per heavy atom. The first kappa shape index (κ1) is 21.7. The van der Waals surface area contributed by atoms with Gasteiger partial charge in [-0.15, -0.1) is 0 Å². The van der Waals surface area contributed by atoms with E-state index in [2.05, 4.69) is 4.74 Å². The second-order valence-electron chi connectivity index (χ2n) is 7.64. The van der Waals surface area contributed by atoms with Crippen molar-refractivity contribution in [1.82, 2.24) is 0 Å². The average molecular weight is 426 g/mol. The summed E-state index contributed by atoms with van der Waals surface area (Å²) in [6.45, 7) is 3.29. The molecule has 0 amide bonds. The van der Waals surface area contributed by atoms with Crippen LogP contribution in [-0.2, 0) is 14.2 Å². The van der Waals surface area contributed by atoms with Crippen LogP contribution < -0.4 is 0 Å². The average Bonchev–Trinajstić information content (AvgIpc) is 3.03. The SMILES string of the molecule is CC(C)(COC(=O)c1ccc(C(=O)O)cc1)COC(=O)c1ccc2c(c1)C(=O)OC2=O. The van der Waals surface area contributed by atoms with Crippen LogP contribution in [0.3, 0.4) is 0 Å². The third-order valence-corrected chi connectivity index (χ3v) is 4.44. The van der Waals surface area contributed by atoms with Crippen molar-refractivity contribution in [1.29, 1.82) is 0 Å². The van der Waals surface area contributed by atoms with Gasteiger partial charge in [0.25, 0.3) is 0 Å². The van der Waals surface area contributed by atoms with Crippen LogP contribution in [0.25, 0.3) is 0 Å². The summed E-state index contributed by atoms with van der Waals surface area (Å²) in [5, 5.41) is 8.89. The van der Waals surface area contributed by atoms with Crippen LogP contribution in [0.1, 0.15) is 65.6 Å². The molecule has 2 aromatic rings. The first-order valence-corrected chi connectivity index (χ1v) is 9.15. The van der Waals surface area contributed by atoms with Gasteiger partial charge in [0.15, 0.2) is 0 Å². The number of carboxylic acids is 1. The highest BCUT2D eigenvalue weighted by molar-refractivity contribution is 6.15. The van der Waals surface area contributed by atoms with Gasteiger partial charge in [0.1, 0.15) is 0 Å². The maximum Gasteiger partial charge on any atom is 0.346 e. The molecule has 0 saturated heterocycles. The molecule has 0 aliphatic carbocycles. The van der Waals surface area contributed by atoms with E-state index in [-0.39, 0.29) is 41.0 Å². The third kappa shape index (κ3) is 4.95. The van der Waals surface area contributed by atoms with Crippen molar-refractivity contribution < 1.29 is 43.3 Å². The summed E-state index contributed by atoms with van der Waals surface area (Å²) in [6, 6.07) is 9.21. The maximum atomic E-state index is 12.3. The van der Waals surface area contributed by atoms with Crippen molar-refractivity contribution in [3.8, 4) is 0 Å². The van der Waals surface area contributed by atoms with Crippen LogP contribution in [0, 0.1) is 5.41 Å². The van der Waals surface area contributed by atoms with E-state index in [9.17, 15) is 24.0 Å². The molecule has 3 rings (SSSR count). The third-order valence-electron chi connectivity index (χ3n) is 4.44. The highest BCUT2D eigenvalue weighted by Crippen LogP contribution is 2.23. The van der Waals surface area contributed by atoms with Gasteiger partial charge in [0, 0.05) is 5.41 Å². The van der Waals surface area contributed by atoms with Crippen molar-refractivity contribution in [2.45, 2.75) is 13.8 Å². The van der Waals surface area contributed by atoms with Gasteiger partial charge in [-0.3, -0.25) is 0 Å². The number of benzene rings is 2. The molecule has 9 heteroatoms. The molecule has 160 valence electrons. The molecule has 0 radical (unpaired) electrons. The summed E-state index contributed by atoms with van der Waals surface area (Å²) >= 11 is 0. The Hall–Kier alpha value is -4.01. The fourth-order valence-electron chi connectivity index (χ4n) is 2.69. The van der Waals surface area contributed by atoms with Gasteiger partial charge in [-0.25, -0.2) is 24.0 Å². The van der Waals surface area contributed by atoms with E-state index in [1.54, 1.807) is 13.8 Å². The standard InChI is InChI=1S/C22H18O9/c1-22(2,10-29-18(25)13-5-3-12(4-6-13)17(23)24)11-30-19(26)14-7-8-15-16(9-14)21(28)31-20(15)27/h3-9H,10-11H2,1-2H3,(H,23,24). The van der Waals surface area contributed by atoms with E-state index in [1.165, 1.54) is 42.5 Å². The summed E-state index contributed by atoms with van der Waals surface area (Å²) < 4.78 is 15.0. The molecule has 2 aromatic carbocycles. The van der Waals surface area contributed by atoms with Crippen molar-refractivity contribution in [2.24, 2.45) is 5.41 Å². The Morgan fingerprint density at radius 2 is 1.29 bits per heavy atom. The zero-order valence-electron chi connectivity index (χ0n) is 16.7. The zero-order valence-corrected chi connectivity index (χ0v) is 16.7. The number of ether oxygens (including phenoxy) is 3. The molecule has 9 nitrogen and oxygen atoms in total. The van der Waals surface area contributed by atoms with Crippen LogP contribution in [0.4, 0.5) is 0 Å². The molecular weight excluding hydrogens is 408 g/mol. The first-order chi connectivity index (χ1) is 14.6. The normalized spacial score (nSPS) is 12.7. The number of rotatable bonds is 7. The Bertz CT molecular complexity index is 1080. The maximum absolute atomic E-state index is 12.3. The lowest BCUT2D eigenvalue weighted by molar-refractivity contribution is 0.00610. The molecule has 1 aliphatic rings. The van der Waals surface area contributed by atoms with E-state index in [4.69, 9.17) is 14.6 Å². The lowest BCUT2D eigenvalue weighted by Gasteiger charge is -2.23. The zero-order chi connectivity index (χ0) is 22.8. The van der Waals surface area contributed by atoms with E-state index < -0.39 is 35.3 Å². The molecule has 1 N–H and O–H groups in total. The Balaban J connectivity index is 1.55. The molecule has 1 aliphatic heterocycles. The topological polar surface area (TPSA) is 133 Å². The minimum atomic E-state index is -1.10. The van der Waals surface area contributed by atoms with E-state index in [1.807, 2.05) is 0 Å². The van der Waals surface area contributed by atoms with E-state index >= 15 is 0 Å².